The van der Waals surface area contributed by atoms with E-state index in [1.54, 1.807) is 37.3 Å². The van der Waals surface area contributed by atoms with Crippen LogP contribution in [0, 0.1) is 6.92 Å². The molecular formula is C17H15N5O4. The van der Waals surface area contributed by atoms with Crippen LogP contribution >= 0.6 is 0 Å². The van der Waals surface area contributed by atoms with E-state index in [1.807, 2.05) is 0 Å². The molecule has 3 aromatic rings. The van der Waals surface area contributed by atoms with Gasteiger partial charge in [-0.1, -0.05) is 18.2 Å². The summed E-state index contributed by atoms with van der Waals surface area (Å²) in [4.78, 5) is 44.2. The first kappa shape index (κ1) is 17.2. The van der Waals surface area contributed by atoms with Crippen molar-refractivity contribution in [3.05, 3.63) is 58.3 Å². The van der Waals surface area contributed by atoms with E-state index in [0.29, 0.717) is 16.5 Å². The van der Waals surface area contributed by atoms with Gasteiger partial charge in [0.1, 0.15) is 0 Å². The number of ether oxygens (including phenoxy) is 1. The minimum atomic E-state index is -0.808. The van der Waals surface area contributed by atoms with Gasteiger partial charge in [-0.05, 0) is 19.1 Å². The summed E-state index contributed by atoms with van der Waals surface area (Å²) >= 11 is 0. The van der Waals surface area contributed by atoms with Crippen molar-refractivity contribution in [3.63, 3.8) is 0 Å². The molecule has 132 valence electrons. The predicted molar refractivity (Wildman–Crippen MR) is 92.7 cm³/mol. The minimum absolute atomic E-state index is 0.0395. The maximum atomic E-state index is 12.3. The highest BCUT2D eigenvalue weighted by Gasteiger charge is 2.18. The third kappa shape index (κ3) is 3.56. The van der Waals surface area contributed by atoms with Gasteiger partial charge in [0.2, 0.25) is 5.95 Å². The van der Waals surface area contributed by atoms with Crippen LogP contribution in [0.2, 0.25) is 0 Å². The number of hydrogen-bond acceptors (Lipinski definition) is 7. The first-order valence-corrected chi connectivity index (χ1v) is 7.68. The second-order valence-corrected chi connectivity index (χ2v) is 5.47. The molecule has 0 radical (unpaired) electrons. The Hall–Kier alpha value is -3.62. The van der Waals surface area contributed by atoms with Crippen molar-refractivity contribution in [1.29, 1.82) is 0 Å². The molecule has 1 aromatic carbocycles. The van der Waals surface area contributed by atoms with E-state index in [-0.39, 0.29) is 17.2 Å². The first-order valence-electron chi connectivity index (χ1n) is 7.68. The maximum Gasteiger partial charge on any atom is 0.359 e. The number of esters is 1. The molecule has 9 nitrogen and oxygen atoms in total. The van der Waals surface area contributed by atoms with Gasteiger partial charge in [0.05, 0.1) is 5.39 Å². The molecule has 1 N–H and O–H groups in total. The molecule has 9 heteroatoms. The second kappa shape index (κ2) is 7.09. The largest absolute Gasteiger partial charge is 0.451 e. The van der Waals surface area contributed by atoms with Gasteiger partial charge in [0.25, 0.3) is 11.5 Å². The summed E-state index contributed by atoms with van der Waals surface area (Å²) in [5.74, 6) is -1.27. The normalized spacial score (nSPS) is 10.5. The number of nitrogens with zero attached hydrogens (tertiary/aromatic N) is 4. The maximum absolute atomic E-state index is 12.3. The fourth-order valence-corrected chi connectivity index (χ4v) is 2.32. The molecule has 2 heterocycles. The lowest BCUT2D eigenvalue weighted by molar-refractivity contribution is -0.119. The van der Waals surface area contributed by atoms with Crippen LogP contribution in [0.5, 0.6) is 0 Å². The quantitative estimate of drug-likeness (QED) is 0.690. The number of rotatable bonds is 4. The van der Waals surface area contributed by atoms with Gasteiger partial charge in [-0.15, -0.1) is 0 Å². The van der Waals surface area contributed by atoms with E-state index < -0.39 is 18.5 Å². The number of aromatic nitrogens is 4. The average molecular weight is 353 g/mol. The van der Waals surface area contributed by atoms with Gasteiger partial charge in [0, 0.05) is 24.3 Å². The smallest absolute Gasteiger partial charge is 0.359 e. The molecular weight excluding hydrogens is 338 g/mol. The highest BCUT2D eigenvalue weighted by atomic mass is 16.5. The Bertz CT molecular complexity index is 1060. The first-order chi connectivity index (χ1) is 12.5. The molecule has 0 atom stereocenters. The Morgan fingerprint density at radius 2 is 1.92 bits per heavy atom. The van der Waals surface area contributed by atoms with Crippen molar-refractivity contribution in [3.8, 4) is 0 Å². The molecule has 0 bridgehead atoms. The van der Waals surface area contributed by atoms with Gasteiger partial charge in [-0.3, -0.25) is 14.9 Å². The van der Waals surface area contributed by atoms with Crippen LogP contribution in [0.3, 0.4) is 0 Å². The van der Waals surface area contributed by atoms with Crippen molar-refractivity contribution >= 4 is 28.6 Å². The van der Waals surface area contributed by atoms with Gasteiger partial charge < -0.3 is 4.74 Å². The van der Waals surface area contributed by atoms with Gasteiger partial charge >= 0.3 is 5.97 Å². The molecule has 0 spiro atoms. The van der Waals surface area contributed by atoms with E-state index in [0.717, 1.165) is 4.68 Å². The highest BCUT2D eigenvalue weighted by Crippen LogP contribution is 2.14. The molecule has 0 saturated heterocycles. The molecule has 0 saturated carbocycles. The van der Waals surface area contributed by atoms with Crippen molar-refractivity contribution < 1.29 is 14.3 Å². The minimum Gasteiger partial charge on any atom is -0.451 e. The molecule has 0 aliphatic heterocycles. The number of hydrogen-bond donors (Lipinski definition) is 1. The summed E-state index contributed by atoms with van der Waals surface area (Å²) in [7, 11) is 1.44. The van der Waals surface area contributed by atoms with Crippen LogP contribution in [0.15, 0.2) is 41.3 Å². The number of fused-ring (bicyclic) bond motifs is 1. The van der Waals surface area contributed by atoms with Crippen LogP contribution < -0.4 is 10.9 Å². The zero-order valence-corrected chi connectivity index (χ0v) is 14.1. The predicted octanol–water partition coefficient (Wildman–Crippen LogP) is 0.827. The van der Waals surface area contributed by atoms with Gasteiger partial charge in [-0.2, -0.15) is 5.10 Å². The fraction of sp³-hybridized carbons (Fsp3) is 0.176. The number of aryl methyl sites for hydroxylation is 2. The van der Waals surface area contributed by atoms with E-state index in [4.69, 9.17) is 4.74 Å². The van der Waals surface area contributed by atoms with Gasteiger partial charge in [0.15, 0.2) is 12.3 Å². The molecule has 0 unspecified atom stereocenters. The van der Waals surface area contributed by atoms with Crippen molar-refractivity contribution in [2.75, 3.05) is 11.9 Å². The van der Waals surface area contributed by atoms with E-state index in [2.05, 4.69) is 20.4 Å². The van der Waals surface area contributed by atoms with Crippen molar-refractivity contribution in [2.45, 2.75) is 6.92 Å². The Morgan fingerprint density at radius 1 is 1.19 bits per heavy atom. The summed E-state index contributed by atoms with van der Waals surface area (Å²) < 4.78 is 6.07. The molecule has 26 heavy (non-hydrogen) atoms. The third-order valence-corrected chi connectivity index (χ3v) is 3.53. The molecule has 2 aromatic heterocycles. The Morgan fingerprint density at radius 3 is 2.65 bits per heavy atom. The van der Waals surface area contributed by atoms with Crippen LogP contribution in [-0.2, 0) is 16.6 Å². The summed E-state index contributed by atoms with van der Waals surface area (Å²) in [6.45, 7) is 1.23. The number of anilines is 1. The van der Waals surface area contributed by atoms with E-state index in [9.17, 15) is 14.4 Å². The van der Waals surface area contributed by atoms with Gasteiger partial charge in [-0.25, -0.2) is 19.4 Å². The molecule has 0 aliphatic rings. The van der Waals surface area contributed by atoms with Crippen molar-refractivity contribution in [2.24, 2.45) is 7.05 Å². The molecule has 1 amide bonds. The van der Waals surface area contributed by atoms with Crippen LogP contribution in [0.4, 0.5) is 5.95 Å². The number of amides is 1. The van der Waals surface area contributed by atoms with E-state index >= 15 is 0 Å². The average Bonchev–Trinajstić information content (AvgIpc) is 2.63. The third-order valence-electron chi connectivity index (χ3n) is 3.53. The highest BCUT2D eigenvalue weighted by molar-refractivity contribution is 6.03. The Labute approximate surface area is 147 Å². The summed E-state index contributed by atoms with van der Waals surface area (Å²) in [5.41, 5.74) is 0.321. The van der Waals surface area contributed by atoms with Crippen LogP contribution in [0.25, 0.3) is 10.8 Å². The lowest BCUT2D eigenvalue weighted by atomic mass is 10.1. The molecule has 3 rings (SSSR count). The Kier molecular flexibility index (Phi) is 4.70. The standard InChI is InChI=1S/C17H15N5O4/c1-10-7-8-18-17(19-10)20-13(23)9-26-16(25)14-11-5-3-4-6-12(11)15(24)22(2)21-14/h3-8H,9H2,1-2H3,(H,18,19,20,23). The zero-order valence-electron chi connectivity index (χ0n) is 14.1. The van der Waals surface area contributed by atoms with Crippen molar-refractivity contribution in [1.82, 2.24) is 19.7 Å². The second-order valence-electron chi connectivity index (χ2n) is 5.47. The SMILES string of the molecule is Cc1ccnc(NC(=O)COC(=O)c2nn(C)c(=O)c3ccccc23)n1. The van der Waals surface area contributed by atoms with Crippen LogP contribution in [0.1, 0.15) is 16.2 Å². The monoisotopic (exact) mass is 353 g/mol. The zero-order chi connectivity index (χ0) is 18.7. The lowest BCUT2D eigenvalue weighted by Gasteiger charge is -2.08. The molecule has 0 fully saturated rings. The number of benzene rings is 1. The topological polar surface area (TPSA) is 116 Å². The number of carbonyl (C=O) groups excluding carboxylic acids is 2. The summed E-state index contributed by atoms with van der Waals surface area (Å²) in [6.07, 6.45) is 1.50. The summed E-state index contributed by atoms with van der Waals surface area (Å²) in [6, 6.07) is 8.25. The Balaban J connectivity index is 1.75. The molecule has 0 aliphatic carbocycles. The number of carbonyl (C=O) groups is 2. The van der Waals surface area contributed by atoms with Crippen LogP contribution in [-0.4, -0.2) is 38.2 Å². The number of nitrogens with one attached hydrogen (secondary N) is 1. The lowest BCUT2D eigenvalue weighted by Crippen LogP contribution is -2.26. The van der Waals surface area contributed by atoms with E-state index in [1.165, 1.54) is 13.2 Å². The summed E-state index contributed by atoms with van der Waals surface area (Å²) in [5, 5.41) is 7.09. The fourth-order valence-electron chi connectivity index (χ4n) is 2.32.